The molecule has 112 valence electrons. The van der Waals surface area contributed by atoms with Crippen molar-refractivity contribution in [3.05, 3.63) is 35.4 Å². The summed E-state index contributed by atoms with van der Waals surface area (Å²) in [4.78, 5) is 49.2. The summed E-state index contributed by atoms with van der Waals surface area (Å²) in [6.07, 6.45) is -0.681. The van der Waals surface area contributed by atoms with Crippen LogP contribution in [-0.4, -0.2) is 64.5 Å². The van der Waals surface area contributed by atoms with Crippen molar-refractivity contribution in [1.29, 1.82) is 0 Å². The maximum absolute atomic E-state index is 12.3. The largest absolute Gasteiger partial charge is 0.447 e. The monoisotopic (exact) mass is 301 g/mol. The van der Waals surface area contributed by atoms with E-state index in [0.29, 0.717) is 11.1 Å². The Bertz CT molecular complexity index is 696. The topological polar surface area (TPSA) is 87.0 Å². The summed E-state index contributed by atoms with van der Waals surface area (Å²) in [5.74, 6) is -1.33. The third kappa shape index (κ3) is 1.67. The van der Waals surface area contributed by atoms with Crippen LogP contribution >= 0.6 is 0 Å². The van der Waals surface area contributed by atoms with E-state index in [4.69, 9.17) is 4.74 Å². The van der Waals surface area contributed by atoms with Gasteiger partial charge in [0.15, 0.2) is 0 Å². The zero-order chi connectivity index (χ0) is 15.4. The fourth-order valence-electron chi connectivity index (χ4n) is 2.74. The Labute approximate surface area is 124 Å². The number of imide groups is 2. The van der Waals surface area contributed by atoms with Crippen LogP contribution in [-0.2, 0) is 9.53 Å². The number of benzene rings is 1. The maximum atomic E-state index is 12.3. The molecule has 2 fully saturated rings. The Morgan fingerprint density at radius 3 is 2.27 bits per heavy atom. The van der Waals surface area contributed by atoms with Crippen molar-refractivity contribution < 1.29 is 23.9 Å². The van der Waals surface area contributed by atoms with Crippen molar-refractivity contribution in [2.24, 2.45) is 0 Å². The summed E-state index contributed by atoms with van der Waals surface area (Å²) in [6.45, 7) is 0.600. The normalized spacial score (nSPS) is 26.3. The van der Waals surface area contributed by atoms with E-state index in [9.17, 15) is 19.2 Å². The molecule has 0 bridgehead atoms. The van der Waals surface area contributed by atoms with Gasteiger partial charge in [0.2, 0.25) is 0 Å². The number of carbonyl (C=O) groups excluding carboxylic acids is 4. The molecular formula is C14H11N3O5. The van der Waals surface area contributed by atoms with Crippen LogP contribution in [0.25, 0.3) is 0 Å². The molecule has 0 saturated carbocycles. The molecule has 0 spiro atoms. The highest BCUT2D eigenvalue weighted by atomic mass is 16.6. The molecular weight excluding hydrogens is 290 g/mol. The molecule has 4 rings (SSSR count). The standard InChI is InChI=1S/C14H11N3O5/c18-11-8-3-1-2-4-9(8)12(19)17(11)16-7-10(16)13(20)15-5-6-22-14(15)21/h1-4,10H,5-7H2/t10-,16?/m1/s1. The van der Waals surface area contributed by atoms with E-state index in [0.717, 1.165) is 9.91 Å². The van der Waals surface area contributed by atoms with Crippen molar-refractivity contribution in [1.82, 2.24) is 14.9 Å². The van der Waals surface area contributed by atoms with Gasteiger partial charge in [-0.1, -0.05) is 12.1 Å². The summed E-state index contributed by atoms with van der Waals surface area (Å²) in [7, 11) is 0. The van der Waals surface area contributed by atoms with Gasteiger partial charge in [0.1, 0.15) is 12.6 Å². The van der Waals surface area contributed by atoms with Crippen LogP contribution in [0.4, 0.5) is 4.79 Å². The molecule has 2 saturated heterocycles. The first-order valence-corrected chi connectivity index (χ1v) is 6.82. The summed E-state index contributed by atoms with van der Waals surface area (Å²) < 4.78 is 4.72. The molecule has 3 aliphatic rings. The minimum Gasteiger partial charge on any atom is -0.447 e. The van der Waals surface area contributed by atoms with E-state index in [1.807, 2.05) is 0 Å². The highest BCUT2D eigenvalue weighted by Gasteiger charge is 2.54. The second-order valence-corrected chi connectivity index (χ2v) is 5.21. The highest BCUT2D eigenvalue weighted by Crippen LogP contribution is 2.31. The zero-order valence-electron chi connectivity index (χ0n) is 11.4. The van der Waals surface area contributed by atoms with Crippen molar-refractivity contribution in [2.75, 3.05) is 19.7 Å². The number of nitrogens with zero attached hydrogens (tertiary/aromatic N) is 3. The van der Waals surface area contributed by atoms with Crippen LogP contribution in [0.5, 0.6) is 0 Å². The molecule has 0 N–H and O–H groups in total. The third-order valence-corrected chi connectivity index (χ3v) is 3.93. The van der Waals surface area contributed by atoms with Gasteiger partial charge in [0, 0.05) is 6.54 Å². The van der Waals surface area contributed by atoms with Crippen LogP contribution in [0.1, 0.15) is 20.7 Å². The Hall–Kier alpha value is -2.74. The summed E-state index contributed by atoms with van der Waals surface area (Å²) in [5, 5.41) is 2.35. The summed E-state index contributed by atoms with van der Waals surface area (Å²) in [5.41, 5.74) is 0.650. The first-order valence-electron chi connectivity index (χ1n) is 6.82. The van der Waals surface area contributed by atoms with E-state index >= 15 is 0 Å². The molecule has 0 aliphatic carbocycles. The molecule has 4 amide bonds. The fourth-order valence-corrected chi connectivity index (χ4v) is 2.74. The van der Waals surface area contributed by atoms with E-state index in [2.05, 4.69) is 0 Å². The van der Waals surface area contributed by atoms with Crippen molar-refractivity contribution in [2.45, 2.75) is 6.04 Å². The number of fused-ring (bicyclic) bond motifs is 1. The number of rotatable bonds is 2. The Balaban J connectivity index is 1.54. The molecule has 2 atom stereocenters. The van der Waals surface area contributed by atoms with E-state index < -0.39 is 29.9 Å². The van der Waals surface area contributed by atoms with E-state index in [1.165, 1.54) is 5.01 Å². The van der Waals surface area contributed by atoms with Gasteiger partial charge in [0.05, 0.1) is 17.7 Å². The van der Waals surface area contributed by atoms with Gasteiger partial charge in [0.25, 0.3) is 17.7 Å². The number of cyclic esters (lactones) is 1. The van der Waals surface area contributed by atoms with Crippen molar-refractivity contribution in [3.63, 3.8) is 0 Å². The first kappa shape index (κ1) is 13.0. The number of hydrazine groups is 1. The summed E-state index contributed by atoms with van der Waals surface area (Å²) >= 11 is 0. The second kappa shape index (κ2) is 4.38. The zero-order valence-corrected chi connectivity index (χ0v) is 11.4. The van der Waals surface area contributed by atoms with Gasteiger partial charge in [-0.2, -0.15) is 5.01 Å². The van der Waals surface area contributed by atoms with Crippen molar-refractivity contribution in [3.8, 4) is 0 Å². The molecule has 1 aromatic rings. The lowest BCUT2D eigenvalue weighted by Crippen LogP contribution is -2.41. The lowest BCUT2D eigenvalue weighted by atomic mass is 10.1. The van der Waals surface area contributed by atoms with Crippen molar-refractivity contribution >= 4 is 23.8 Å². The van der Waals surface area contributed by atoms with Crippen LogP contribution < -0.4 is 0 Å². The van der Waals surface area contributed by atoms with Crippen LogP contribution in [0.3, 0.4) is 0 Å². The minimum atomic E-state index is -0.681. The number of ether oxygens (including phenoxy) is 1. The van der Waals surface area contributed by atoms with Gasteiger partial charge in [-0.25, -0.2) is 14.7 Å². The molecule has 8 nitrogen and oxygen atoms in total. The minimum absolute atomic E-state index is 0.171. The van der Waals surface area contributed by atoms with E-state index in [-0.39, 0.29) is 19.7 Å². The number of hydrogen-bond donors (Lipinski definition) is 0. The van der Waals surface area contributed by atoms with Crippen LogP contribution in [0, 0.1) is 0 Å². The van der Waals surface area contributed by atoms with Gasteiger partial charge in [-0.05, 0) is 12.1 Å². The quantitative estimate of drug-likeness (QED) is 0.558. The van der Waals surface area contributed by atoms with Gasteiger partial charge in [-0.3, -0.25) is 14.4 Å². The lowest BCUT2D eigenvalue weighted by molar-refractivity contribution is -0.128. The van der Waals surface area contributed by atoms with Gasteiger partial charge < -0.3 is 4.74 Å². The third-order valence-electron chi connectivity index (χ3n) is 3.93. The van der Waals surface area contributed by atoms with Crippen LogP contribution in [0.2, 0.25) is 0 Å². The predicted molar refractivity (Wildman–Crippen MR) is 70.5 cm³/mol. The van der Waals surface area contributed by atoms with E-state index in [1.54, 1.807) is 24.3 Å². The SMILES string of the molecule is O=C1OCCN1C(=O)[C@H]1CN1N1C(=O)c2ccccc2C1=O. The average molecular weight is 301 g/mol. The molecule has 1 unspecified atom stereocenters. The predicted octanol–water partition coefficient (Wildman–Crippen LogP) is -0.139. The molecule has 0 aromatic heterocycles. The van der Waals surface area contributed by atoms with Gasteiger partial charge in [-0.15, -0.1) is 0 Å². The highest BCUT2D eigenvalue weighted by molar-refractivity contribution is 6.21. The fraction of sp³-hybridized carbons (Fsp3) is 0.286. The molecule has 22 heavy (non-hydrogen) atoms. The van der Waals surface area contributed by atoms with Crippen LogP contribution in [0.15, 0.2) is 24.3 Å². The Morgan fingerprint density at radius 1 is 1.09 bits per heavy atom. The average Bonchev–Trinajstić information content (AvgIpc) is 3.11. The number of carbonyl (C=O) groups is 4. The summed E-state index contributed by atoms with van der Waals surface area (Å²) in [6, 6.07) is 5.84. The molecule has 1 aromatic carbocycles. The molecule has 3 aliphatic heterocycles. The Kier molecular flexibility index (Phi) is 2.58. The smallest absolute Gasteiger partial charge is 0.416 e. The Morgan fingerprint density at radius 2 is 1.73 bits per heavy atom. The second-order valence-electron chi connectivity index (χ2n) is 5.21. The number of amides is 4. The van der Waals surface area contributed by atoms with Gasteiger partial charge >= 0.3 is 6.09 Å². The first-order chi connectivity index (χ1) is 10.6. The maximum Gasteiger partial charge on any atom is 0.416 e. The molecule has 0 radical (unpaired) electrons. The lowest BCUT2D eigenvalue weighted by Gasteiger charge is -2.16. The molecule has 8 heteroatoms. The number of hydrogen-bond acceptors (Lipinski definition) is 6. The molecule has 3 heterocycles.